The molecule has 5 nitrogen and oxygen atoms in total. The molecule has 0 spiro atoms. The maximum Gasteiger partial charge on any atom is 0.218 e. The first-order chi connectivity index (χ1) is 12.1. The van der Waals surface area contributed by atoms with Crippen molar-refractivity contribution in [2.75, 3.05) is 7.11 Å². The van der Waals surface area contributed by atoms with Gasteiger partial charge in [0.15, 0.2) is 0 Å². The standard InChI is InChI=1S/C20H28N2O3/c1-13(14-6-4-3-5-7-14)8-17(24)10-16-9-15-11-21-20(25-2)19(15)18(12-23)22-16/h9,13-14,23H,3-8,10-12H2,1-2H3/t13-/m0/s1. The van der Waals surface area contributed by atoms with Crippen LogP contribution in [0.2, 0.25) is 0 Å². The SMILES string of the molecule is COC1=NCc2cc(CC(=O)C[C@H](C)C3CCCCC3)nc(CO)c21. The van der Waals surface area contributed by atoms with Crippen molar-refractivity contribution in [3.05, 3.63) is 28.6 Å². The van der Waals surface area contributed by atoms with Crippen molar-refractivity contribution >= 4 is 11.7 Å². The van der Waals surface area contributed by atoms with Gasteiger partial charge in [0.2, 0.25) is 5.90 Å². The summed E-state index contributed by atoms with van der Waals surface area (Å²) in [6, 6.07) is 1.94. The maximum absolute atomic E-state index is 12.5. The molecule has 0 aromatic carbocycles. The molecule has 0 radical (unpaired) electrons. The van der Waals surface area contributed by atoms with Gasteiger partial charge in [0, 0.05) is 18.5 Å². The number of aliphatic hydroxyl groups excluding tert-OH is 1. The molecular formula is C20H28N2O3. The number of rotatable bonds is 6. The molecule has 25 heavy (non-hydrogen) atoms. The number of pyridine rings is 1. The first kappa shape index (κ1) is 18.1. The Hall–Kier alpha value is -1.75. The van der Waals surface area contributed by atoms with Gasteiger partial charge in [-0.3, -0.25) is 9.78 Å². The zero-order valence-electron chi connectivity index (χ0n) is 15.3. The summed E-state index contributed by atoms with van der Waals surface area (Å²) >= 11 is 0. The van der Waals surface area contributed by atoms with Crippen molar-refractivity contribution in [1.82, 2.24) is 4.98 Å². The normalized spacial score (nSPS) is 18.6. The number of carbonyl (C=O) groups is 1. The molecule has 5 heteroatoms. The summed E-state index contributed by atoms with van der Waals surface area (Å²) in [6.45, 7) is 2.56. The van der Waals surface area contributed by atoms with Gasteiger partial charge in [0.25, 0.3) is 0 Å². The summed E-state index contributed by atoms with van der Waals surface area (Å²) < 4.78 is 5.25. The fraction of sp³-hybridized carbons (Fsp3) is 0.650. The molecule has 1 atom stereocenters. The van der Waals surface area contributed by atoms with Crippen molar-refractivity contribution in [3.8, 4) is 0 Å². The molecule has 0 unspecified atom stereocenters. The summed E-state index contributed by atoms with van der Waals surface area (Å²) in [5.41, 5.74) is 3.06. The minimum absolute atomic E-state index is 0.175. The Balaban J connectivity index is 1.66. The zero-order chi connectivity index (χ0) is 17.8. The number of nitrogens with zero attached hydrogens (tertiary/aromatic N) is 2. The van der Waals surface area contributed by atoms with Gasteiger partial charge in [-0.25, -0.2) is 4.99 Å². The second-order valence-electron chi connectivity index (χ2n) is 7.37. The Labute approximate surface area is 149 Å². The van der Waals surface area contributed by atoms with Crippen LogP contribution in [-0.4, -0.2) is 28.9 Å². The van der Waals surface area contributed by atoms with Gasteiger partial charge in [0.05, 0.1) is 31.5 Å². The van der Waals surface area contributed by atoms with Crippen LogP contribution in [0.4, 0.5) is 0 Å². The number of fused-ring (bicyclic) bond motifs is 1. The lowest BCUT2D eigenvalue weighted by molar-refractivity contribution is -0.119. The Morgan fingerprint density at radius 2 is 2.12 bits per heavy atom. The van der Waals surface area contributed by atoms with E-state index in [1.165, 1.54) is 32.1 Å². The largest absolute Gasteiger partial charge is 0.481 e. The predicted octanol–water partition coefficient (Wildman–Crippen LogP) is 3.20. The number of methoxy groups -OCH3 is 1. The molecule has 1 saturated carbocycles. The zero-order valence-corrected chi connectivity index (χ0v) is 15.3. The number of hydrogen-bond acceptors (Lipinski definition) is 5. The summed E-state index contributed by atoms with van der Waals surface area (Å²) in [5.74, 6) is 1.90. The van der Waals surface area contributed by atoms with Gasteiger partial charge in [-0.05, 0) is 23.5 Å². The van der Waals surface area contributed by atoms with Gasteiger partial charge in [-0.15, -0.1) is 0 Å². The molecule has 1 aromatic heterocycles. The minimum atomic E-state index is -0.175. The highest BCUT2D eigenvalue weighted by Gasteiger charge is 2.25. The number of aliphatic hydroxyl groups is 1. The summed E-state index contributed by atoms with van der Waals surface area (Å²) in [6.07, 6.45) is 7.42. The average molecular weight is 344 g/mol. The third kappa shape index (κ3) is 4.09. The van der Waals surface area contributed by atoms with E-state index < -0.39 is 0 Å². The molecule has 1 aliphatic heterocycles. The van der Waals surface area contributed by atoms with Gasteiger partial charge >= 0.3 is 0 Å². The number of hydrogen-bond donors (Lipinski definition) is 1. The van der Waals surface area contributed by atoms with Crippen LogP contribution < -0.4 is 0 Å². The van der Waals surface area contributed by atoms with Crippen LogP contribution in [0.3, 0.4) is 0 Å². The number of ether oxygens (including phenoxy) is 1. The van der Waals surface area contributed by atoms with E-state index in [9.17, 15) is 9.90 Å². The van der Waals surface area contributed by atoms with Gasteiger partial charge < -0.3 is 9.84 Å². The Kier molecular flexibility index (Phi) is 5.84. The molecule has 0 amide bonds. The van der Waals surface area contributed by atoms with E-state index >= 15 is 0 Å². The van der Waals surface area contributed by atoms with Crippen LogP contribution in [-0.2, 0) is 29.1 Å². The van der Waals surface area contributed by atoms with Crippen molar-refractivity contribution in [1.29, 1.82) is 0 Å². The number of aliphatic imine (C=N–C) groups is 1. The Bertz CT molecular complexity index is 663. The minimum Gasteiger partial charge on any atom is -0.481 e. The maximum atomic E-state index is 12.5. The number of aromatic nitrogens is 1. The molecule has 1 aromatic rings. The summed E-state index contributed by atoms with van der Waals surface area (Å²) in [4.78, 5) is 21.3. The number of ketones is 1. The van der Waals surface area contributed by atoms with Crippen molar-refractivity contribution in [3.63, 3.8) is 0 Å². The van der Waals surface area contributed by atoms with Gasteiger partial charge in [-0.2, -0.15) is 0 Å². The van der Waals surface area contributed by atoms with Crippen molar-refractivity contribution in [2.45, 2.75) is 65.0 Å². The van der Waals surface area contributed by atoms with Crippen LogP contribution in [0.1, 0.15) is 68.0 Å². The number of carbonyl (C=O) groups excluding carboxylic acids is 1. The Morgan fingerprint density at radius 1 is 1.36 bits per heavy atom. The van der Waals surface area contributed by atoms with Gasteiger partial charge in [0.1, 0.15) is 5.78 Å². The third-order valence-electron chi connectivity index (χ3n) is 5.56. The van der Waals surface area contributed by atoms with E-state index in [1.54, 1.807) is 7.11 Å². The van der Waals surface area contributed by atoms with Crippen LogP contribution in [0.15, 0.2) is 11.1 Å². The van der Waals surface area contributed by atoms with E-state index in [1.807, 2.05) is 6.07 Å². The molecular weight excluding hydrogens is 316 g/mol. The summed E-state index contributed by atoms with van der Waals surface area (Å²) in [5, 5.41) is 9.63. The van der Waals surface area contributed by atoms with E-state index in [0.29, 0.717) is 42.8 Å². The topological polar surface area (TPSA) is 71.8 Å². The van der Waals surface area contributed by atoms with Crippen LogP contribution >= 0.6 is 0 Å². The average Bonchev–Trinajstić information content (AvgIpc) is 3.04. The molecule has 1 fully saturated rings. The quantitative estimate of drug-likeness (QED) is 0.860. The molecule has 136 valence electrons. The van der Waals surface area contributed by atoms with E-state index in [4.69, 9.17) is 4.74 Å². The first-order valence-electron chi connectivity index (χ1n) is 9.35. The second-order valence-corrected chi connectivity index (χ2v) is 7.37. The van der Waals surface area contributed by atoms with E-state index in [2.05, 4.69) is 16.9 Å². The lowest BCUT2D eigenvalue weighted by Gasteiger charge is -2.27. The molecule has 2 aliphatic rings. The lowest BCUT2D eigenvalue weighted by atomic mass is 9.78. The fourth-order valence-electron chi connectivity index (χ4n) is 4.22. The number of Topliss-reactive ketones (excluding diaryl/α,β-unsaturated/α-hetero) is 1. The van der Waals surface area contributed by atoms with Crippen molar-refractivity contribution < 1.29 is 14.6 Å². The second kappa shape index (κ2) is 8.09. The highest BCUT2D eigenvalue weighted by molar-refractivity contribution is 5.98. The van der Waals surface area contributed by atoms with Crippen LogP contribution in [0.5, 0.6) is 0 Å². The highest BCUT2D eigenvalue weighted by atomic mass is 16.5. The smallest absolute Gasteiger partial charge is 0.218 e. The Morgan fingerprint density at radius 3 is 2.80 bits per heavy atom. The van der Waals surface area contributed by atoms with Crippen LogP contribution in [0.25, 0.3) is 0 Å². The summed E-state index contributed by atoms with van der Waals surface area (Å²) in [7, 11) is 1.57. The predicted molar refractivity (Wildman–Crippen MR) is 96.5 cm³/mol. The monoisotopic (exact) mass is 344 g/mol. The van der Waals surface area contributed by atoms with Crippen molar-refractivity contribution in [2.24, 2.45) is 16.8 Å². The molecule has 2 heterocycles. The fourth-order valence-corrected chi connectivity index (χ4v) is 4.22. The lowest BCUT2D eigenvalue weighted by Crippen LogP contribution is -2.20. The van der Waals surface area contributed by atoms with Gasteiger partial charge in [-0.1, -0.05) is 39.0 Å². The molecule has 0 saturated heterocycles. The van der Waals surface area contributed by atoms with E-state index in [0.717, 1.165) is 16.8 Å². The first-order valence-corrected chi connectivity index (χ1v) is 9.35. The molecule has 1 aliphatic carbocycles. The van der Waals surface area contributed by atoms with E-state index in [-0.39, 0.29) is 12.4 Å². The third-order valence-corrected chi connectivity index (χ3v) is 5.56. The van der Waals surface area contributed by atoms with Crippen LogP contribution in [0, 0.1) is 11.8 Å². The molecule has 0 bridgehead atoms. The highest BCUT2D eigenvalue weighted by Crippen LogP contribution is 2.32. The molecule has 1 N–H and O–H groups in total. The molecule has 3 rings (SSSR count).